The van der Waals surface area contributed by atoms with E-state index in [0.29, 0.717) is 0 Å². The summed E-state index contributed by atoms with van der Waals surface area (Å²) in [5.74, 6) is 0. The van der Waals surface area contributed by atoms with E-state index in [1.807, 2.05) is 55.0 Å². The Morgan fingerprint density at radius 3 is 0.978 bits per heavy atom. The molecule has 3 aromatic heterocycles. The number of benzene rings is 3. The Kier molecular flexibility index (Phi) is 10.6. The van der Waals surface area contributed by atoms with Crippen molar-refractivity contribution in [1.82, 2.24) is 15.0 Å². The molecule has 0 radical (unpaired) electrons. The van der Waals surface area contributed by atoms with Crippen molar-refractivity contribution in [3.05, 3.63) is 161 Å². The van der Waals surface area contributed by atoms with E-state index in [0.717, 1.165) is 55.6 Å². The third-order valence-electron chi connectivity index (χ3n) is 8.89. The molecule has 0 saturated carbocycles. The molecule has 9 rings (SSSR count). The van der Waals surface area contributed by atoms with Crippen LogP contribution in [-0.2, 0) is 58.6 Å². The first-order chi connectivity index (χ1) is 22.3. The van der Waals surface area contributed by atoms with Crippen LogP contribution in [0.25, 0.3) is 33.8 Å². The van der Waals surface area contributed by atoms with Gasteiger partial charge in [-0.25, -0.2) is 0 Å². The van der Waals surface area contributed by atoms with Crippen molar-refractivity contribution >= 4 is 0 Å². The van der Waals surface area contributed by atoms with Crippen LogP contribution in [0.5, 0.6) is 0 Å². The minimum atomic E-state index is 0. The Bertz CT molecular complexity index is 1560. The van der Waals surface area contributed by atoms with E-state index >= 15 is 0 Å². The normalized spacial score (nSPS) is 13.6. The molecular weight excluding hydrogens is 739 g/mol. The number of hydrogen-bond donors (Lipinski definition) is 0. The van der Waals surface area contributed by atoms with E-state index in [1.54, 1.807) is 0 Å². The van der Waals surface area contributed by atoms with Crippen molar-refractivity contribution in [2.75, 3.05) is 0 Å². The van der Waals surface area contributed by atoms with Gasteiger partial charge in [-0.2, -0.15) is 0 Å². The number of nitrogens with zero attached hydrogens (tertiary/aromatic N) is 3. The van der Waals surface area contributed by atoms with E-state index in [9.17, 15) is 0 Å². The Balaban J connectivity index is 0.000000120. The molecular formula is C42H36IrN3. The van der Waals surface area contributed by atoms with Gasteiger partial charge in [0, 0.05) is 18.6 Å². The SMILES string of the molecule is [Ir+3].[c-]1cccc2c1-c1ncccc1CCC2.[c-]1cccc2c1-c1ncccc1CCC2.[c-]1cccc2c1-c1ncccc1CCC2. The molecule has 0 spiro atoms. The molecule has 3 heterocycles. The third-order valence-corrected chi connectivity index (χ3v) is 8.89. The number of aromatic nitrogens is 3. The van der Waals surface area contributed by atoms with Gasteiger partial charge < -0.3 is 15.0 Å². The first-order valence-electron chi connectivity index (χ1n) is 16.2. The number of fused-ring (bicyclic) bond motifs is 9. The largest absolute Gasteiger partial charge is 3.00 e. The summed E-state index contributed by atoms with van der Waals surface area (Å²) in [7, 11) is 0. The Morgan fingerprint density at radius 1 is 0.370 bits per heavy atom. The van der Waals surface area contributed by atoms with Gasteiger partial charge in [0.1, 0.15) is 0 Å². The summed E-state index contributed by atoms with van der Waals surface area (Å²) in [5.41, 5.74) is 15.2. The summed E-state index contributed by atoms with van der Waals surface area (Å²) in [6, 6.07) is 41.2. The molecule has 0 unspecified atom stereocenters. The standard InChI is InChI=1S/3C14H12N.Ir/c3*1-2-9-13-11(5-1)6-3-7-12-8-4-10-15-14(12)13;/h3*1-2,4-5,8,10H,3,6-7H2;/q3*-1;+3. The summed E-state index contributed by atoms with van der Waals surface area (Å²) >= 11 is 0. The van der Waals surface area contributed by atoms with E-state index in [2.05, 4.69) is 87.7 Å². The maximum absolute atomic E-state index is 4.49. The molecule has 46 heavy (non-hydrogen) atoms. The van der Waals surface area contributed by atoms with Crippen LogP contribution in [0.15, 0.2) is 110 Å². The fourth-order valence-electron chi connectivity index (χ4n) is 6.71. The van der Waals surface area contributed by atoms with Crippen molar-refractivity contribution in [3.63, 3.8) is 0 Å². The predicted molar refractivity (Wildman–Crippen MR) is 182 cm³/mol. The van der Waals surface area contributed by atoms with E-state index in [4.69, 9.17) is 0 Å². The van der Waals surface area contributed by atoms with Gasteiger partial charge in [-0.05, 0) is 54.5 Å². The zero-order valence-electron chi connectivity index (χ0n) is 25.9. The molecule has 3 aliphatic rings. The van der Waals surface area contributed by atoms with Gasteiger partial charge in [0.2, 0.25) is 0 Å². The Hall–Kier alpha value is -4.24. The van der Waals surface area contributed by atoms with Crippen LogP contribution in [0.1, 0.15) is 52.6 Å². The molecule has 3 aromatic carbocycles. The monoisotopic (exact) mass is 775 g/mol. The van der Waals surface area contributed by atoms with Gasteiger partial charge in [-0.15, -0.1) is 106 Å². The fraction of sp³-hybridized carbons (Fsp3) is 0.214. The topological polar surface area (TPSA) is 38.7 Å². The van der Waals surface area contributed by atoms with Crippen LogP contribution >= 0.6 is 0 Å². The van der Waals surface area contributed by atoms with Crippen LogP contribution in [0.2, 0.25) is 0 Å². The first-order valence-corrected chi connectivity index (χ1v) is 16.2. The number of rotatable bonds is 0. The van der Waals surface area contributed by atoms with Crippen molar-refractivity contribution in [2.24, 2.45) is 0 Å². The smallest absolute Gasteiger partial charge is 0.304 e. The quantitative estimate of drug-likeness (QED) is 0.145. The molecule has 0 amide bonds. The number of hydrogen-bond acceptors (Lipinski definition) is 3. The van der Waals surface area contributed by atoms with Crippen LogP contribution < -0.4 is 0 Å². The maximum Gasteiger partial charge on any atom is 3.00 e. The zero-order valence-corrected chi connectivity index (χ0v) is 28.3. The molecule has 0 saturated heterocycles. The average molecular weight is 775 g/mol. The van der Waals surface area contributed by atoms with Crippen LogP contribution in [-0.4, -0.2) is 15.0 Å². The molecule has 0 aliphatic heterocycles. The van der Waals surface area contributed by atoms with E-state index < -0.39 is 0 Å². The molecule has 0 N–H and O–H groups in total. The van der Waals surface area contributed by atoms with Gasteiger partial charge in [-0.1, -0.05) is 73.4 Å². The van der Waals surface area contributed by atoms with Crippen molar-refractivity contribution in [3.8, 4) is 33.8 Å². The number of pyridine rings is 3. The first kappa shape index (κ1) is 31.7. The zero-order chi connectivity index (χ0) is 30.3. The molecule has 3 nitrogen and oxygen atoms in total. The predicted octanol–water partition coefficient (Wildman–Crippen LogP) is 9.11. The average Bonchev–Trinajstić information content (AvgIpc) is 3.51. The van der Waals surface area contributed by atoms with E-state index in [1.165, 1.54) is 69.3 Å². The fourth-order valence-corrected chi connectivity index (χ4v) is 6.71. The molecule has 0 fully saturated rings. The van der Waals surface area contributed by atoms with Crippen LogP contribution in [0.4, 0.5) is 0 Å². The summed E-state index contributed by atoms with van der Waals surface area (Å²) in [4.78, 5) is 13.5. The molecule has 6 aromatic rings. The second-order valence-corrected chi connectivity index (χ2v) is 11.8. The van der Waals surface area contributed by atoms with Crippen LogP contribution in [0, 0.1) is 18.2 Å². The van der Waals surface area contributed by atoms with Crippen molar-refractivity contribution < 1.29 is 20.1 Å². The summed E-state index contributed by atoms with van der Waals surface area (Å²) in [6.07, 6.45) is 16.1. The summed E-state index contributed by atoms with van der Waals surface area (Å²) in [5, 5.41) is 0. The molecule has 0 atom stereocenters. The van der Waals surface area contributed by atoms with Gasteiger partial charge in [0.15, 0.2) is 0 Å². The molecule has 4 heteroatoms. The molecule has 0 bridgehead atoms. The minimum absolute atomic E-state index is 0. The second kappa shape index (κ2) is 15.4. The maximum atomic E-state index is 4.49. The van der Waals surface area contributed by atoms with Gasteiger partial charge in [0.25, 0.3) is 0 Å². The Labute approximate surface area is 286 Å². The molecule has 3 aliphatic carbocycles. The van der Waals surface area contributed by atoms with Crippen molar-refractivity contribution in [1.29, 1.82) is 0 Å². The van der Waals surface area contributed by atoms with Gasteiger partial charge >= 0.3 is 20.1 Å². The van der Waals surface area contributed by atoms with Gasteiger partial charge in [-0.3, -0.25) is 0 Å². The second-order valence-electron chi connectivity index (χ2n) is 11.8. The third kappa shape index (κ3) is 7.09. The number of aryl methyl sites for hydroxylation is 6. The van der Waals surface area contributed by atoms with Crippen LogP contribution in [0.3, 0.4) is 0 Å². The summed E-state index contributed by atoms with van der Waals surface area (Å²) < 4.78 is 0. The summed E-state index contributed by atoms with van der Waals surface area (Å²) in [6.45, 7) is 0. The Morgan fingerprint density at radius 2 is 0.652 bits per heavy atom. The van der Waals surface area contributed by atoms with Crippen molar-refractivity contribution in [2.45, 2.75) is 57.8 Å². The molecule has 228 valence electrons. The minimum Gasteiger partial charge on any atom is -0.304 e. The van der Waals surface area contributed by atoms with E-state index in [-0.39, 0.29) is 20.1 Å². The van der Waals surface area contributed by atoms with Gasteiger partial charge in [0.05, 0.1) is 0 Å².